The zero-order chi connectivity index (χ0) is 17.3. The second kappa shape index (κ2) is 7.00. The molecule has 0 aliphatic heterocycles. The highest BCUT2D eigenvalue weighted by molar-refractivity contribution is 6.27. The molecule has 0 N–H and O–H groups in total. The van der Waals surface area contributed by atoms with Gasteiger partial charge in [0.05, 0.1) is 11.4 Å². The predicted molar refractivity (Wildman–Crippen MR) is 116 cm³/mol. The fourth-order valence-electron chi connectivity index (χ4n) is 3.63. The van der Waals surface area contributed by atoms with Gasteiger partial charge >= 0.3 is 0 Å². The van der Waals surface area contributed by atoms with Crippen LogP contribution in [0.5, 0.6) is 0 Å². The van der Waals surface area contributed by atoms with Gasteiger partial charge in [0.15, 0.2) is 0 Å². The smallest absolute Gasteiger partial charge is 0.0941 e. The van der Waals surface area contributed by atoms with Crippen LogP contribution in [0, 0.1) is 0 Å². The van der Waals surface area contributed by atoms with E-state index in [0.717, 1.165) is 16.8 Å². The lowest BCUT2D eigenvalue weighted by atomic mass is 9.93. The van der Waals surface area contributed by atoms with Gasteiger partial charge in [-0.15, -0.1) is 5.11 Å². The fraction of sp³-hybridized carbons (Fsp3) is 0.0400. The van der Waals surface area contributed by atoms with Gasteiger partial charge in [-0.1, -0.05) is 86.3 Å². The Labute approximate surface area is 158 Å². The molecule has 0 saturated heterocycles. The number of nitrogens with zero attached hydrogens (tertiary/aromatic N) is 2. The number of rotatable bonds is 2. The molecule has 0 aliphatic rings. The molecule has 0 aliphatic carbocycles. The van der Waals surface area contributed by atoms with Gasteiger partial charge in [-0.25, -0.2) is 0 Å². The van der Waals surface area contributed by atoms with Crippen molar-refractivity contribution in [3.8, 4) is 0 Å². The van der Waals surface area contributed by atoms with Crippen LogP contribution in [0.1, 0.15) is 7.43 Å². The van der Waals surface area contributed by atoms with Gasteiger partial charge < -0.3 is 0 Å². The van der Waals surface area contributed by atoms with Crippen molar-refractivity contribution in [2.45, 2.75) is 7.43 Å². The van der Waals surface area contributed by atoms with E-state index < -0.39 is 0 Å². The molecule has 5 aromatic rings. The van der Waals surface area contributed by atoms with E-state index in [2.05, 4.69) is 70.9 Å². The Balaban J connectivity index is 0.00000180. The highest BCUT2D eigenvalue weighted by Crippen LogP contribution is 2.39. The fourth-order valence-corrected chi connectivity index (χ4v) is 3.63. The molecule has 0 aromatic heterocycles. The Morgan fingerprint density at radius 1 is 0.407 bits per heavy atom. The minimum atomic E-state index is 0. The van der Waals surface area contributed by atoms with Gasteiger partial charge in [0.25, 0.3) is 0 Å². The third kappa shape index (κ3) is 2.85. The van der Waals surface area contributed by atoms with Crippen molar-refractivity contribution >= 4 is 43.7 Å². The molecule has 2 nitrogen and oxygen atoms in total. The van der Waals surface area contributed by atoms with Crippen LogP contribution in [0.4, 0.5) is 11.4 Å². The van der Waals surface area contributed by atoms with E-state index in [-0.39, 0.29) is 7.43 Å². The lowest BCUT2D eigenvalue weighted by molar-refractivity contribution is 1.24. The SMILES string of the molecule is C.c1ccc(N=Nc2cccc3c4ccccc4c4ccccc4c23)cc1. The monoisotopic (exact) mass is 348 g/mol. The first kappa shape index (κ1) is 16.9. The molecule has 0 spiro atoms. The lowest BCUT2D eigenvalue weighted by Crippen LogP contribution is -1.83. The highest BCUT2D eigenvalue weighted by atomic mass is 15.1. The van der Waals surface area contributed by atoms with E-state index in [1.54, 1.807) is 0 Å². The molecule has 0 radical (unpaired) electrons. The van der Waals surface area contributed by atoms with Crippen LogP contribution >= 0.6 is 0 Å². The van der Waals surface area contributed by atoms with Crippen LogP contribution in [-0.4, -0.2) is 0 Å². The van der Waals surface area contributed by atoms with Gasteiger partial charge in [0.1, 0.15) is 0 Å². The van der Waals surface area contributed by atoms with Crippen LogP contribution < -0.4 is 0 Å². The standard InChI is InChI=1S/C24H16N2.CH4/c1-2-9-17(10-3-1)25-26-23-16-8-15-22-20-12-5-4-11-18(20)19-13-6-7-14-21(19)24(22)23;/h1-16H;1H4. The minimum Gasteiger partial charge on any atom is -0.151 e. The van der Waals surface area contributed by atoms with Crippen molar-refractivity contribution in [2.75, 3.05) is 0 Å². The van der Waals surface area contributed by atoms with Gasteiger partial charge in [-0.05, 0) is 45.1 Å². The van der Waals surface area contributed by atoms with Crippen LogP contribution in [0.25, 0.3) is 32.3 Å². The minimum absolute atomic E-state index is 0. The van der Waals surface area contributed by atoms with Crippen molar-refractivity contribution < 1.29 is 0 Å². The van der Waals surface area contributed by atoms with E-state index in [1.165, 1.54) is 26.9 Å². The Kier molecular flexibility index (Phi) is 4.39. The summed E-state index contributed by atoms with van der Waals surface area (Å²) in [5, 5.41) is 16.4. The molecular weight excluding hydrogens is 328 g/mol. The quantitative estimate of drug-likeness (QED) is 0.227. The Bertz CT molecular complexity index is 1230. The van der Waals surface area contributed by atoms with Crippen LogP contribution in [0.2, 0.25) is 0 Å². The summed E-state index contributed by atoms with van der Waals surface area (Å²) in [4.78, 5) is 0. The molecule has 130 valence electrons. The summed E-state index contributed by atoms with van der Waals surface area (Å²) < 4.78 is 0. The number of azo groups is 1. The summed E-state index contributed by atoms with van der Waals surface area (Å²) in [6, 6.07) is 33.2. The number of hydrogen-bond acceptors (Lipinski definition) is 2. The second-order valence-corrected chi connectivity index (χ2v) is 6.33. The summed E-state index contributed by atoms with van der Waals surface area (Å²) >= 11 is 0. The average molecular weight is 348 g/mol. The first-order valence-corrected chi connectivity index (χ1v) is 8.71. The summed E-state index contributed by atoms with van der Waals surface area (Å²) in [5.41, 5.74) is 1.75. The third-order valence-corrected chi connectivity index (χ3v) is 4.78. The molecular formula is C25H20N2. The molecule has 0 amide bonds. The summed E-state index contributed by atoms with van der Waals surface area (Å²) in [5.74, 6) is 0. The molecule has 2 heteroatoms. The Morgan fingerprint density at radius 3 is 1.52 bits per heavy atom. The van der Waals surface area contributed by atoms with Gasteiger partial charge in [0.2, 0.25) is 0 Å². The largest absolute Gasteiger partial charge is 0.151 e. The number of hydrogen-bond donors (Lipinski definition) is 0. The highest BCUT2D eigenvalue weighted by Gasteiger charge is 2.10. The molecule has 5 rings (SSSR count). The van der Waals surface area contributed by atoms with E-state index >= 15 is 0 Å². The van der Waals surface area contributed by atoms with Crippen LogP contribution in [-0.2, 0) is 0 Å². The van der Waals surface area contributed by atoms with Gasteiger partial charge in [-0.2, -0.15) is 5.11 Å². The Morgan fingerprint density at radius 2 is 0.889 bits per heavy atom. The maximum absolute atomic E-state index is 4.59. The van der Waals surface area contributed by atoms with E-state index in [9.17, 15) is 0 Å². The van der Waals surface area contributed by atoms with Crippen molar-refractivity contribution in [1.82, 2.24) is 0 Å². The van der Waals surface area contributed by atoms with Crippen LogP contribution in [0.15, 0.2) is 107 Å². The maximum atomic E-state index is 4.59. The zero-order valence-electron chi connectivity index (χ0n) is 14.1. The molecule has 0 atom stereocenters. The molecule has 27 heavy (non-hydrogen) atoms. The number of fused-ring (bicyclic) bond motifs is 6. The summed E-state index contributed by atoms with van der Waals surface area (Å²) in [6.45, 7) is 0. The van der Waals surface area contributed by atoms with Gasteiger partial charge in [0, 0.05) is 5.39 Å². The Hall–Kier alpha value is -3.52. The van der Waals surface area contributed by atoms with E-state index in [4.69, 9.17) is 0 Å². The first-order valence-electron chi connectivity index (χ1n) is 8.71. The summed E-state index contributed by atoms with van der Waals surface area (Å²) in [6.07, 6.45) is 0. The summed E-state index contributed by atoms with van der Waals surface area (Å²) in [7, 11) is 0. The maximum Gasteiger partial charge on any atom is 0.0941 e. The van der Waals surface area contributed by atoms with Crippen molar-refractivity contribution in [3.05, 3.63) is 97.1 Å². The molecule has 0 unspecified atom stereocenters. The molecule has 0 heterocycles. The number of benzene rings is 5. The normalized spacial score (nSPS) is 11.3. The predicted octanol–water partition coefficient (Wildman–Crippen LogP) is 8.20. The van der Waals surface area contributed by atoms with Gasteiger partial charge in [-0.3, -0.25) is 0 Å². The topological polar surface area (TPSA) is 24.7 Å². The molecule has 0 bridgehead atoms. The average Bonchev–Trinajstić information content (AvgIpc) is 2.73. The second-order valence-electron chi connectivity index (χ2n) is 6.33. The van der Waals surface area contributed by atoms with Crippen LogP contribution in [0.3, 0.4) is 0 Å². The van der Waals surface area contributed by atoms with E-state index in [1.807, 2.05) is 36.4 Å². The van der Waals surface area contributed by atoms with Crippen molar-refractivity contribution in [1.29, 1.82) is 0 Å². The zero-order valence-corrected chi connectivity index (χ0v) is 14.1. The van der Waals surface area contributed by atoms with Crippen molar-refractivity contribution in [2.24, 2.45) is 10.2 Å². The van der Waals surface area contributed by atoms with Crippen molar-refractivity contribution in [3.63, 3.8) is 0 Å². The lowest BCUT2D eigenvalue weighted by Gasteiger charge is -2.11. The van der Waals surface area contributed by atoms with E-state index in [0.29, 0.717) is 0 Å². The molecule has 5 aromatic carbocycles. The third-order valence-electron chi connectivity index (χ3n) is 4.78. The first-order chi connectivity index (χ1) is 12.9. The molecule has 0 saturated carbocycles. The molecule has 0 fully saturated rings.